The van der Waals surface area contributed by atoms with Crippen molar-refractivity contribution >= 4 is 28.9 Å². The summed E-state index contributed by atoms with van der Waals surface area (Å²) in [5.74, 6) is 1.50. The minimum atomic E-state index is -0.482. The third-order valence-corrected chi connectivity index (χ3v) is 5.74. The van der Waals surface area contributed by atoms with Gasteiger partial charge in [-0.3, -0.25) is 4.79 Å². The van der Waals surface area contributed by atoms with Crippen molar-refractivity contribution in [1.29, 1.82) is 0 Å². The van der Waals surface area contributed by atoms with Crippen LogP contribution in [-0.4, -0.2) is 39.5 Å². The van der Waals surface area contributed by atoms with E-state index in [0.29, 0.717) is 24.0 Å². The molecular weight excluding hydrogens is 430 g/mol. The number of imidazole rings is 1. The molecule has 8 heteroatoms. The third kappa shape index (κ3) is 6.34. The lowest BCUT2D eigenvalue weighted by Crippen LogP contribution is -2.41. The predicted octanol–water partition coefficient (Wildman–Crippen LogP) is 5.61. The van der Waals surface area contributed by atoms with Crippen molar-refractivity contribution in [2.24, 2.45) is 5.92 Å². The molecule has 2 N–H and O–H groups in total. The molecule has 8 nitrogen and oxygen atoms in total. The van der Waals surface area contributed by atoms with Gasteiger partial charge >= 0.3 is 6.09 Å². The Hall–Kier alpha value is -3.42. The number of nitrogens with zero attached hydrogens (tertiary/aromatic N) is 3. The molecule has 0 fully saturated rings. The van der Waals surface area contributed by atoms with E-state index in [-0.39, 0.29) is 11.4 Å². The summed E-state index contributed by atoms with van der Waals surface area (Å²) in [5, 5.41) is 2.86. The number of amides is 2. The van der Waals surface area contributed by atoms with Crippen LogP contribution in [0.15, 0.2) is 36.5 Å². The van der Waals surface area contributed by atoms with Crippen LogP contribution in [-0.2, 0) is 9.53 Å². The Morgan fingerprint density at radius 1 is 1.18 bits per heavy atom. The number of fused-ring (bicyclic) bond motifs is 1. The highest BCUT2D eigenvalue weighted by Gasteiger charge is 2.25. The van der Waals surface area contributed by atoms with Crippen LogP contribution in [0.4, 0.5) is 10.6 Å². The minimum Gasteiger partial charge on any atom is -0.438 e. The topological polar surface area (TPSA) is 100 Å². The van der Waals surface area contributed by atoms with Crippen LogP contribution in [0, 0.1) is 5.92 Å². The van der Waals surface area contributed by atoms with Crippen molar-refractivity contribution in [2.75, 3.05) is 11.9 Å². The fourth-order valence-electron chi connectivity index (χ4n) is 3.52. The first-order valence-electron chi connectivity index (χ1n) is 11.7. The molecule has 34 heavy (non-hydrogen) atoms. The second-order valence-electron chi connectivity index (χ2n) is 9.85. The lowest BCUT2D eigenvalue weighted by Gasteiger charge is -2.24. The molecule has 0 aliphatic carbocycles. The van der Waals surface area contributed by atoms with E-state index in [1.165, 1.54) is 11.8 Å². The highest BCUT2D eigenvalue weighted by Crippen LogP contribution is 2.30. The maximum Gasteiger partial charge on any atom is 0.408 e. The zero-order valence-electron chi connectivity index (χ0n) is 21.1. The number of pyridine rings is 1. The Balaban J connectivity index is 1.92. The smallest absolute Gasteiger partial charge is 0.408 e. The van der Waals surface area contributed by atoms with Gasteiger partial charge in [-0.15, -0.1) is 0 Å². The molecule has 0 spiro atoms. The van der Waals surface area contributed by atoms with Crippen molar-refractivity contribution < 1.29 is 14.3 Å². The molecule has 3 aromatic rings. The number of hydrogen-bond donors (Lipinski definition) is 2. The van der Waals surface area contributed by atoms with Crippen LogP contribution in [0.2, 0.25) is 0 Å². The van der Waals surface area contributed by atoms with E-state index >= 15 is 0 Å². The molecule has 0 bridgehead atoms. The van der Waals surface area contributed by atoms with E-state index in [1.54, 1.807) is 13.2 Å². The lowest BCUT2D eigenvalue weighted by molar-refractivity contribution is -0.116. The second-order valence-corrected chi connectivity index (χ2v) is 9.85. The summed E-state index contributed by atoms with van der Waals surface area (Å²) >= 11 is 0. The molecule has 0 saturated heterocycles. The number of aromatic amines is 1. The molecule has 0 aliphatic rings. The standard InChI is InChI=1S/C26H35N5O3/c1-8-16(2)13-22(34-25(33)30-26(4,5)6)24-28-20-10-9-18(14-21(20)29-24)19-11-12-27-23(15-19)31(7)17(3)32/h9-12,14-16,22H,8,13H2,1-7H3,(H,28,29)(H,30,33). The number of nitrogens with one attached hydrogen (secondary N) is 2. The van der Waals surface area contributed by atoms with Gasteiger partial charge in [-0.1, -0.05) is 26.3 Å². The first kappa shape index (κ1) is 25.2. The molecule has 2 heterocycles. The van der Waals surface area contributed by atoms with Gasteiger partial charge in [0.15, 0.2) is 6.10 Å². The molecular formula is C26H35N5O3. The Morgan fingerprint density at radius 3 is 2.53 bits per heavy atom. The Kier molecular flexibility index (Phi) is 7.59. The summed E-state index contributed by atoms with van der Waals surface area (Å²) < 4.78 is 5.80. The summed E-state index contributed by atoms with van der Waals surface area (Å²) in [4.78, 5) is 38.1. The first-order chi connectivity index (χ1) is 16.0. The summed E-state index contributed by atoms with van der Waals surface area (Å²) in [6.45, 7) is 11.5. The minimum absolute atomic E-state index is 0.0823. The average molecular weight is 466 g/mol. The number of alkyl carbamates (subject to hydrolysis) is 1. The summed E-state index contributed by atoms with van der Waals surface area (Å²) in [5.41, 5.74) is 3.16. The number of rotatable bonds is 7. The molecule has 2 unspecified atom stereocenters. The van der Waals surface area contributed by atoms with E-state index in [9.17, 15) is 9.59 Å². The van der Waals surface area contributed by atoms with E-state index < -0.39 is 12.2 Å². The summed E-state index contributed by atoms with van der Waals surface area (Å²) in [6, 6.07) is 9.72. The monoisotopic (exact) mass is 465 g/mol. The van der Waals surface area contributed by atoms with E-state index in [2.05, 4.69) is 29.1 Å². The van der Waals surface area contributed by atoms with Gasteiger partial charge in [0, 0.05) is 25.7 Å². The molecule has 182 valence electrons. The van der Waals surface area contributed by atoms with Gasteiger partial charge < -0.3 is 19.9 Å². The number of H-pyrrole nitrogens is 1. The predicted molar refractivity (Wildman–Crippen MR) is 135 cm³/mol. The molecule has 0 aliphatic heterocycles. The fourth-order valence-corrected chi connectivity index (χ4v) is 3.52. The Bertz CT molecular complexity index is 1160. The highest BCUT2D eigenvalue weighted by atomic mass is 16.6. The molecule has 0 saturated carbocycles. The normalized spacial score (nSPS) is 13.4. The van der Waals surface area contributed by atoms with Gasteiger partial charge in [0.2, 0.25) is 5.91 Å². The maximum absolute atomic E-state index is 12.5. The molecule has 2 atom stereocenters. The average Bonchev–Trinajstić information content (AvgIpc) is 3.20. The SMILES string of the molecule is CCC(C)CC(OC(=O)NC(C)(C)C)c1nc2ccc(-c3ccnc(N(C)C(C)=O)c3)cc2[nH]1. The van der Waals surface area contributed by atoms with Crippen molar-refractivity contribution in [3.05, 3.63) is 42.4 Å². The van der Waals surface area contributed by atoms with Crippen LogP contribution in [0.5, 0.6) is 0 Å². The molecule has 2 aromatic heterocycles. The number of ether oxygens (including phenoxy) is 1. The number of benzene rings is 1. The van der Waals surface area contributed by atoms with E-state index in [4.69, 9.17) is 9.72 Å². The molecule has 3 rings (SSSR count). The van der Waals surface area contributed by atoms with E-state index in [1.807, 2.05) is 51.1 Å². The lowest BCUT2D eigenvalue weighted by atomic mass is 10.0. The van der Waals surface area contributed by atoms with Gasteiger partial charge in [0.05, 0.1) is 11.0 Å². The van der Waals surface area contributed by atoms with Crippen molar-refractivity contribution in [2.45, 2.75) is 66.0 Å². The Labute approximate surface area is 201 Å². The van der Waals surface area contributed by atoms with Gasteiger partial charge in [-0.05, 0) is 68.5 Å². The zero-order chi connectivity index (χ0) is 25.0. The van der Waals surface area contributed by atoms with Crippen LogP contribution in [0.1, 0.15) is 66.3 Å². The number of aromatic nitrogens is 3. The van der Waals surface area contributed by atoms with Gasteiger partial charge in [-0.25, -0.2) is 14.8 Å². The number of hydrogen-bond acceptors (Lipinski definition) is 5. The largest absolute Gasteiger partial charge is 0.438 e. The van der Waals surface area contributed by atoms with Crippen molar-refractivity contribution in [3.8, 4) is 11.1 Å². The van der Waals surface area contributed by atoms with Gasteiger partial charge in [0.25, 0.3) is 0 Å². The number of carbonyl (C=O) groups excluding carboxylic acids is 2. The fraction of sp³-hybridized carbons (Fsp3) is 0.462. The van der Waals surface area contributed by atoms with E-state index in [0.717, 1.165) is 28.6 Å². The maximum atomic E-state index is 12.5. The first-order valence-corrected chi connectivity index (χ1v) is 11.7. The van der Waals surface area contributed by atoms with Gasteiger partial charge in [-0.2, -0.15) is 0 Å². The number of carbonyl (C=O) groups is 2. The highest BCUT2D eigenvalue weighted by molar-refractivity contribution is 5.91. The van der Waals surface area contributed by atoms with Crippen molar-refractivity contribution in [3.63, 3.8) is 0 Å². The van der Waals surface area contributed by atoms with Crippen LogP contribution >= 0.6 is 0 Å². The van der Waals surface area contributed by atoms with Crippen LogP contribution in [0.25, 0.3) is 22.2 Å². The number of anilines is 1. The van der Waals surface area contributed by atoms with Gasteiger partial charge in [0.1, 0.15) is 11.6 Å². The van der Waals surface area contributed by atoms with Crippen LogP contribution in [0.3, 0.4) is 0 Å². The van der Waals surface area contributed by atoms with Crippen molar-refractivity contribution in [1.82, 2.24) is 20.3 Å². The third-order valence-electron chi connectivity index (χ3n) is 5.74. The molecule has 1 aromatic carbocycles. The molecule has 2 amide bonds. The Morgan fingerprint density at radius 2 is 1.88 bits per heavy atom. The zero-order valence-corrected chi connectivity index (χ0v) is 21.1. The second kappa shape index (κ2) is 10.2. The summed E-state index contributed by atoms with van der Waals surface area (Å²) in [6.07, 6.45) is 2.40. The summed E-state index contributed by atoms with van der Waals surface area (Å²) in [7, 11) is 1.70. The van der Waals surface area contributed by atoms with Crippen LogP contribution < -0.4 is 10.2 Å². The molecule has 0 radical (unpaired) electrons. The quantitative estimate of drug-likeness (QED) is 0.472.